The van der Waals surface area contributed by atoms with Crippen LogP contribution in [0.25, 0.3) is 0 Å². The molecule has 8 N–H and O–H groups in total. The summed E-state index contributed by atoms with van der Waals surface area (Å²) in [5.74, 6) is -3.57. The van der Waals surface area contributed by atoms with Crippen LogP contribution in [0, 0.1) is 5.92 Å². The summed E-state index contributed by atoms with van der Waals surface area (Å²) in [6, 6.07) is -3.68. The largest absolute Gasteiger partial charge is 0.480 e. The molecule has 0 aliphatic carbocycles. The molecule has 4 unspecified atom stereocenters. The molecule has 26 heavy (non-hydrogen) atoms. The number of carboxylic acids is 1. The molecule has 0 aliphatic rings. The van der Waals surface area contributed by atoms with Crippen molar-refractivity contribution in [3.8, 4) is 0 Å². The molecule has 0 bridgehead atoms. The Labute approximate surface area is 151 Å². The molecule has 0 saturated heterocycles. The number of nitrogens with one attached hydrogen (secondary N) is 3. The lowest BCUT2D eigenvalue weighted by molar-refractivity contribution is -0.144. The highest BCUT2D eigenvalue weighted by Gasteiger charge is 2.26. The van der Waals surface area contributed by atoms with Crippen LogP contribution in [0.1, 0.15) is 27.2 Å². The van der Waals surface area contributed by atoms with Gasteiger partial charge in [0.25, 0.3) is 0 Å². The van der Waals surface area contributed by atoms with Gasteiger partial charge in [0, 0.05) is 0 Å². The predicted molar refractivity (Wildman–Crippen MR) is 90.7 cm³/mol. The van der Waals surface area contributed by atoms with E-state index in [2.05, 4.69) is 10.6 Å². The number of nitrogens with two attached hydrogens (primary N) is 1. The van der Waals surface area contributed by atoms with Crippen molar-refractivity contribution in [3.05, 3.63) is 0 Å². The number of aliphatic hydroxyl groups excluding tert-OH is 2. The first-order chi connectivity index (χ1) is 12.0. The summed E-state index contributed by atoms with van der Waals surface area (Å²) in [7, 11) is 0. The number of aliphatic carboxylic acids is 1. The van der Waals surface area contributed by atoms with Crippen LogP contribution in [-0.2, 0) is 19.2 Å². The molecule has 0 aliphatic heterocycles. The molecule has 3 amide bonds. The Morgan fingerprint density at radius 3 is 2.04 bits per heavy atom. The average Bonchev–Trinajstić information content (AvgIpc) is 2.53. The minimum Gasteiger partial charge on any atom is -0.480 e. The van der Waals surface area contributed by atoms with Gasteiger partial charge in [-0.2, -0.15) is 0 Å². The van der Waals surface area contributed by atoms with Gasteiger partial charge in [0.05, 0.1) is 25.3 Å². The van der Waals surface area contributed by atoms with Gasteiger partial charge in [-0.3, -0.25) is 14.4 Å². The zero-order valence-corrected chi connectivity index (χ0v) is 15.1. The van der Waals surface area contributed by atoms with Gasteiger partial charge < -0.3 is 37.0 Å². The van der Waals surface area contributed by atoms with E-state index in [1.165, 1.54) is 6.92 Å². The maximum atomic E-state index is 11.9. The van der Waals surface area contributed by atoms with E-state index in [1.54, 1.807) is 0 Å². The van der Waals surface area contributed by atoms with Gasteiger partial charge in [-0.25, -0.2) is 4.79 Å². The lowest BCUT2D eigenvalue weighted by Crippen LogP contribution is -2.55. The quantitative estimate of drug-likeness (QED) is 0.197. The number of carbonyl (C=O) groups is 4. The predicted octanol–water partition coefficient (Wildman–Crippen LogP) is -3.10. The van der Waals surface area contributed by atoms with Crippen molar-refractivity contribution < 1.29 is 34.5 Å². The molecule has 4 atom stereocenters. The van der Waals surface area contributed by atoms with Crippen LogP contribution in [0.15, 0.2) is 0 Å². The summed E-state index contributed by atoms with van der Waals surface area (Å²) in [5.41, 5.74) is 5.69. The molecule has 0 spiro atoms. The Hall–Kier alpha value is -2.24. The van der Waals surface area contributed by atoms with E-state index in [4.69, 9.17) is 10.8 Å². The number of amides is 3. The summed E-state index contributed by atoms with van der Waals surface area (Å²) in [6.07, 6.45) is -0.941. The highest BCUT2D eigenvalue weighted by molar-refractivity contribution is 5.92. The van der Waals surface area contributed by atoms with E-state index < -0.39 is 61.1 Å². The number of rotatable bonds is 11. The standard InChI is InChI=1S/C15H28N4O7/c1-7(2)4-9(16)13(23)18-10(6-20)14(24)17-5-11(22)19-12(8(3)21)15(25)26/h7-10,12,20-21H,4-6,16H2,1-3H3,(H,17,24)(H,18,23)(H,19,22)(H,25,26). The van der Waals surface area contributed by atoms with Gasteiger partial charge in [0.15, 0.2) is 6.04 Å². The van der Waals surface area contributed by atoms with Crippen molar-refractivity contribution in [2.24, 2.45) is 11.7 Å². The summed E-state index contributed by atoms with van der Waals surface area (Å²) in [4.78, 5) is 46.4. The Morgan fingerprint density at radius 2 is 1.62 bits per heavy atom. The van der Waals surface area contributed by atoms with Crippen LogP contribution >= 0.6 is 0 Å². The van der Waals surface area contributed by atoms with Crippen LogP contribution in [0.4, 0.5) is 0 Å². The van der Waals surface area contributed by atoms with Crippen molar-refractivity contribution in [1.29, 1.82) is 0 Å². The zero-order chi connectivity index (χ0) is 20.4. The molecule has 0 rings (SSSR count). The lowest BCUT2D eigenvalue weighted by atomic mass is 10.0. The SMILES string of the molecule is CC(C)CC(N)C(=O)NC(CO)C(=O)NCC(=O)NC(C(=O)O)C(C)O. The number of aliphatic hydroxyl groups is 2. The number of carboxylic acid groups (broad SMARTS) is 1. The van der Waals surface area contributed by atoms with Crippen LogP contribution in [0.2, 0.25) is 0 Å². The van der Waals surface area contributed by atoms with Crippen LogP contribution in [0.5, 0.6) is 0 Å². The fourth-order valence-electron chi connectivity index (χ4n) is 1.99. The molecule has 0 aromatic heterocycles. The maximum Gasteiger partial charge on any atom is 0.328 e. The summed E-state index contributed by atoms with van der Waals surface area (Å²) < 4.78 is 0. The maximum absolute atomic E-state index is 11.9. The number of hydrogen-bond donors (Lipinski definition) is 7. The molecule has 0 aromatic carbocycles. The van der Waals surface area contributed by atoms with Crippen molar-refractivity contribution in [1.82, 2.24) is 16.0 Å². The second kappa shape index (κ2) is 11.4. The normalized spacial score (nSPS) is 15.5. The molecule has 11 heteroatoms. The van der Waals surface area contributed by atoms with Gasteiger partial charge >= 0.3 is 5.97 Å². The van der Waals surface area contributed by atoms with Crippen molar-refractivity contribution >= 4 is 23.7 Å². The van der Waals surface area contributed by atoms with Crippen molar-refractivity contribution in [2.45, 2.75) is 51.4 Å². The smallest absolute Gasteiger partial charge is 0.328 e. The summed E-state index contributed by atoms with van der Waals surface area (Å²) >= 11 is 0. The molecule has 0 fully saturated rings. The van der Waals surface area contributed by atoms with E-state index in [0.29, 0.717) is 6.42 Å². The van der Waals surface area contributed by atoms with Gasteiger partial charge in [-0.05, 0) is 19.3 Å². The summed E-state index contributed by atoms with van der Waals surface area (Å²) in [6.45, 7) is 3.63. The highest BCUT2D eigenvalue weighted by atomic mass is 16.4. The Bertz CT molecular complexity index is 510. The van der Waals surface area contributed by atoms with Crippen LogP contribution in [-0.4, -0.2) is 76.4 Å². The van der Waals surface area contributed by atoms with E-state index >= 15 is 0 Å². The Kier molecular flexibility index (Phi) is 10.4. The first kappa shape index (κ1) is 23.8. The molecule has 0 heterocycles. The fourth-order valence-corrected chi connectivity index (χ4v) is 1.99. The molecular formula is C15H28N4O7. The van der Waals surface area contributed by atoms with E-state index in [-0.39, 0.29) is 5.92 Å². The number of carbonyl (C=O) groups excluding carboxylic acids is 3. The lowest BCUT2D eigenvalue weighted by Gasteiger charge is -2.20. The van der Waals surface area contributed by atoms with Gasteiger partial charge in [-0.1, -0.05) is 13.8 Å². The monoisotopic (exact) mass is 376 g/mol. The summed E-state index contributed by atoms with van der Waals surface area (Å²) in [5, 5.41) is 33.8. The third-order valence-corrected chi connectivity index (χ3v) is 3.37. The molecule has 0 aromatic rings. The molecule has 0 saturated carbocycles. The van der Waals surface area contributed by atoms with E-state index in [9.17, 15) is 29.4 Å². The first-order valence-corrected chi connectivity index (χ1v) is 8.14. The van der Waals surface area contributed by atoms with E-state index in [1.807, 2.05) is 19.2 Å². The van der Waals surface area contributed by atoms with E-state index in [0.717, 1.165) is 0 Å². The fraction of sp³-hybridized carbons (Fsp3) is 0.733. The van der Waals surface area contributed by atoms with Crippen molar-refractivity contribution in [2.75, 3.05) is 13.2 Å². The third-order valence-electron chi connectivity index (χ3n) is 3.37. The van der Waals surface area contributed by atoms with Crippen LogP contribution in [0.3, 0.4) is 0 Å². The number of hydrogen-bond acceptors (Lipinski definition) is 7. The molecular weight excluding hydrogens is 348 g/mol. The van der Waals surface area contributed by atoms with Gasteiger partial charge in [0.2, 0.25) is 17.7 Å². The van der Waals surface area contributed by atoms with Crippen LogP contribution < -0.4 is 21.7 Å². The van der Waals surface area contributed by atoms with Gasteiger partial charge in [0.1, 0.15) is 6.04 Å². The minimum absolute atomic E-state index is 0.164. The van der Waals surface area contributed by atoms with Crippen molar-refractivity contribution in [3.63, 3.8) is 0 Å². The second-order valence-corrected chi connectivity index (χ2v) is 6.32. The minimum atomic E-state index is -1.53. The molecule has 11 nitrogen and oxygen atoms in total. The Morgan fingerprint density at radius 1 is 1.04 bits per heavy atom. The zero-order valence-electron chi connectivity index (χ0n) is 15.1. The first-order valence-electron chi connectivity index (χ1n) is 8.14. The topological polar surface area (TPSA) is 191 Å². The van der Waals surface area contributed by atoms with Gasteiger partial charge in [-0.15, -0.1) is 0 Å². The Balaban J connectivity index is 4.56. The average molecular weight is 376 g/mol. The second-order valence-electron chi connectivity index (χ2n) is 6.32. The molecule has 0 radical (unpaired) electrons. The highest BCUT2D eigenvalue weighted by Crippen LogP contribution is 2.02. The molecule has 150 valence electrons. The third kappa shape index (κ3) is 8.74.